The summed E-state index contributed by atoms with van der Waals surface area (Å²) < 4.78 is 23.0. The van der Waals surface area contributed by atoms with E-state index in [0.717, 1.165) is 5.56 Å². The molecule has 0 amide bonds. The second-order valence-electron chi connectivity index (χ2n) is 5.39. The van der Waals surface area contributed by atoms with Crippen LogP contribution in [-0.4, -0.2) is 30.8 Å². The van der Waals surface area contributed by atoms with Crippen LogP contribution >= 0.6 is 20.2 Å². The zero-order valence-corrected chi connectivity index (χ0v) is 16.2. The van der Waals surface area contributed by atoms with Crippen LogP contribution in [0.5, 0.6) is 0 Å². The molecule has 0 saturated carbocycles. The minimum absolute atomic E-state index is 0.276. The number of hydrogen-bond acceptors (Lipinski definition) is 7. The zero-order chi connectivity index (χ0) is 17.9. The summed E-state index contributed by atoms with van der Waals surface area (Å²) in [4.78, 5) is 4.82. The molecule has 0 spiro atoms. The van der Waals surface area contributed by atoms with Gasteiger partial charge in [-0.05, 0) is 32.3 Å². The van der Waals surface area contributed by atoms with Crippen LogP contribution in [0.4, 0.5) is 0 Å². The van der Waals surface area contributed by atoms with Gasteiger partial charge in [0, 0.05) is 6.54 Å². The molecule has 0 aliphatic heterocycles. The molecule has 0 aromatic heterocycles. The van der Waals surface area contributed by atoms with Crippen LogP contribution in [0.2, 0.25) is 0 Å². The molecule has 1 atom stereocenters. The standard InChI is InChI=1S/C16H29N2O4PS/c1-3-21-23(19,22-4-2)12-8-11-16(24,14-17)18-20-13-15-9-6-5-7-10-15/h5-7,9-10,18,24H,3-4,8,11-14,17H2,1-2H3. The lowest BCUT2D eigenvalue weighted by Crippen LogP contribution is -2.46. The smallest absolute Gasteiger partial charge is 0.328 e. The molecular weight excluding hydrogens is 347 g/mol. The zero-order valence-electron chi connectivity index (χ0n) is 14.4. The summed E-state index contributed by atoms with van der Waals surface area (Å²) in [6, 6.07) is 9.81. The molecule has 0 radical (unpaired) electrons. The molecule has 138 valence electrons. The molecule has 1 rings (SSSR count). The van der Waals surface area contributed by atoms with Gasteiger partial charge in [0.1, 0.15) is 0 Å². The summed E-state index contributed by atoms with van der Waals surface area (Å²) in [5.41, 5.74) is 9.77. The van der Waals surface area contributed by atoms with E-state index < -0.39 is 12.5 Å². The molecular formula is C16H29N2O4PS. The van der Waals surface area contributed by atoms with E-state index in [1.165, 1.54) is 0 Å². The van der Waals surface area contributed by atoms with Gasteiger partial charge < -0.3 is 14.8 Å². The highest BCUT2D eigenvalue weighted by Gasteiger charge is 2.28. The lowest BCUT2D eigenvalue weighted by Gasteiger charge is -2.28. The first-order chi connectivity index (χ1) is 11.5. The molecule has 24 heavy (non-hydrogen) atoms. The Balaban J connectivity index is 2.42. The maximum atomic E-state index is 12.4. The van der Waals surface area contributed by atoms with Crippen molar-refractivity contribution >= 4 is 20.2 Å². The van der Waals surface area contributed by atoms with Crippen LogP contribution in [0.25, 0.3) is 0 Å². The molecule has 0 aliphatic carbocycles. The fourth-order valence-corrected chi connectivity index (χ4v) is 4.04. The second-order valence-corrected chi connectivity index (χ2v) is 8.43. The Bertz CT molecular complexity index is 496. The van der Waals surface area contributed by atoms with Gasteiger partial charge in [-0.1, -0.05) is 30.3 Å². The molecule has 1 unspecified atom stereocenters. The summed E-state index contributed by atoms with van der Waals surface area (Å²) in [6.07, 6.45) is 1.50. The molecule has 0 bridgehead atoms. The SMILES string of the molecule is CCOP(=O)(CCCC(S)(CN)NOCc1ccccc1)OCC. The van der Waals surface area contributed by atoms with Crippen molar-refractivity contribution in [2.24, 2.45) is 5.73 Å². The quantitative estimate of drug-likeness (QED) is 0.212. The highest BCUT2D eigenvalue weighted by molar-refractivity contribution is 7.81. The molecule has 6 nitrogen and oxygen atoms in total. The van der Waals surface area contributed by atoms with Gasteiger partial charge in [0.2, 0.25) is 0 Å². The molecule has 0 saturated heterocycles. The molecule has 1 aromatic rings. The van der Waals surface area contributed by atoms with E-state index in [0.29, 0.717) is 38.8 Å². The van der Waals surface area contributed by atoms with Crippen molar-refractivity contribution in [2.45, 2.75) is 38.2 Å². The van der Waals surface area contributed by atoms with Gasteiger partial charge >= 0.3 is 7.60 Å². The van der Waals surface area contributed by atoms with Crippen LogP contribution in [0.15, 0.2) is 30.3 Å². The summed E-state index contributed by atoms with van der Waals surface area (Å²) in [7, 11) is -3.03. The maximum absolute atomic E-state index is 12.4. The van der Waals surface area contributed by atoms with Crippen molar-refractivity contribution in [1.82, 2.24) is 5.48 Å². The van der Waals surface area contributed by atoms with Crippen molar-refractivity contribution in [1.29, 1.82) is 0 Å². The van der Waals surface area contributed by atoms with Crippen molar-refractivity contribution in [2.75, 3.05) is 25.9 Å². The van der Waals surface area contributed by atoms with Crippen molar-refractivity contribution in [3.8, 4) is 0 Å². The Morgan fingerprint density at radius 3 is 2.38 bits per heavy atom. The maximum Gasteiger partial charge on any atom is 0.330 e. The first-order valence-corrected chi connectivity index (χ1v) is 10.4. The second kappa shape index (κ2) is 11.3. The van der Waals surface area contributed by atoms with E-state index in [-0.39, 0.29) is 6.54 Å². The Morgan fingerprint density at radius 2 is 1.83 bits per heavy atom. The average Bonchev–Trinajstić information content (AvgIpc) is 2.56. The lowest BCUT2D eigenvalue weighted by molar-refractivity contribution is -0.00576. The van der Waals surface area contributed by atoms with Crippen LogP contribution < -0.4 is 11.2 Å². The Morgan fingerprint density at radius 1 is 1.21 bits per heavy atom. The first kappa shape index (κ1) is 21.6. The molecule has 0 fully saturated rings. The van der Waals surface area contributed by atoms with E-state index in [1.807, 2.05) is 30.3 Å². The van der Waals surface area contributed by atoms with E-state index in [4.69, 9.17) is 19.6 Å². The molecule has 1 aromatic carbocycles. The van der Waals surface area contributed by atoms with Gasteiger partial charge in [0.05, 0.1) is 30.9 Å². The van der Waals surface area contributed by atoms with Crippen molar-refractivity contribution in [3.63, 3.8) is 0 Å². The summed E-state index contributed by atoms with van der Waals surface area (Å²) in [6.45, 7) is 5.01. The number of hydroxylamine groups is 1. The highest BCUT2D eigenvalue weighted by Crippen LogP contribution is 2.49. The van der Waals surface area contributed by atoms with Gasteiger partial charge in [0.25, 0.3) is 0 Å². The Kier molecular flexibility index (Phi) is 10.2. The van der Waals surface area contributed by atoms with Crippen molar-refractivity contribution < 1.29 is 18.5 Å². The van der Waals surface area contributed by atoms with Crippen LogP contribution in [0, 0.1) is 0 Å². The molecule has 8 heteroatoms. The van der Waals surface area contributed by atoms with Crippen molar-refractivity contribution in [3.05, 3.63) is 35.9 Å². The van der Waals surface area contributed by atoms with Gasteiger partial charge in [-0.2, -0.15) is 18.1 Å². The molecule has 0 heterocycles. The van der Waals surface area contributed by atoms with Gasteiger partial charge in [-0.3, -0.25) is 9.40 Å². The topological polar surface area (TPSA) is 82.8 Å². The fourth-order valence-electron chi connectivity index (χ4n) is 2.15. The predicted octanol–water partition coefficient (Wildman–Crippen LogP) is 3.34. The molecule has 0 aliphatic rings. The third kappa shape index (κ3) is 8.12. The monoisotopic (exact) mass is 376 g/mol. The average molecular weight is 376 g/mol. The van der Waals surface area contributed by atoms with Crippen LogP contribution in [0.1, 0.15) is 32.3 Å². The largest absolute Gasteiger partial charge is 0.330 e. The Hall–Kier alpha value is -0.400. The van der Waals surface area contributed by atoms with E-state index in [1.54, 1.807) is 13.8 Å². The number of nitrogens with two attached hydrogens (primary N) is 1. The van der Waals surface area contributed by atoms with Gasteiger partial charge in [0.15, 0.2) is 0 Å². The predicted molar refractivity (Wildman–Crippen MR) is 100 cm³/mol. The number of hydrogen-bond donors (Lipinski definition) is 3. The Labute approximate surface area is 150 Å². The lowest BCUT2D eigenvalue weighted by atomic mass is 10.2. The third-order valence-electron chi connectivity index (χ3n) is 3.36. The number of rotatable bonds is 13. The summed E-state index contributed by atoms with van der Waals surface area (Å²) in [5, 5.41) is 0. The van der Waals surface area contributed by atoms with Crippen LogP contribution in [0.3, 0.4) is 0 Å². The third-order valence-corrected chi connectivity index (χ3v) is 6.02. The fraction of sp³-hybridized carbons (Fsp3) is 0.625. The normalized spacial score (nSPS) is 14.5. The minimum atomic E-state index is -3.03. The number of thiol groups is 1. The minimum Gasteiger partial charge on any atom is -0.328 e. The van der Waals surface area contributed by atoms with E-state index in [9.17, 15) is 4.57 Å². The number of nitrogens with one attached hydrogen (secondary N) is 1. The van der Waals surface area contributed by atoms with Gasteiger partial charge in [-0.25, -0.2) is 0 Å². The molecule has 3 N–H and O–H groups in total. The van der Waals surface area contributed by atoms with E-state index >= 15 is 0 Å². The highest BCUT2D eigenvalue weighted by atomic mass is 32.1. The number of benzene rings is 1. The van der Waals surface area contributed by atoms with Crippen LogP contribution in [-0.2, 0) is 25.1 Å². The summed E-state index contributed by atoms with van der Waals surface area (Å²) >= 11 is 4.57. The first-order valence-electron chi connectivity index (χ1n) is 8.20. The summed E-state index contributed by atoms with van der Waals surface area (Å²) in [5.74, 6) is 0. The van der Waals surface area contributed by atoms with Gasteiger partial charge in [-0.15, -0.1) is 0 Å². The van der Waals surface area contributed by atoms with E-state index in [2.05, 4.69) is 18.1 Å².